The van der Waals surface area contributed by atoms with E-state index in [1.807, 2.05) is 19.1 Å². The van der Waals surface area contributed by atoms with Crippen molar-refractivity contribution in [2.75, 3.05) is 6.54 Å². The third-order valence-corrected chi connectivity index (χ3v) is 4.34. The summed E-state index contributed by atoms with van der Waals surface area (Å²) in [5, 5.41) is 4.31. The summed E-state index contributed by atoms with van der Waals surface area (Å²) in [4.78, 5) is 15.9. The van der Waals surface area contributed by atoms with Crippen molar-refractivity contribution in [1.82, 2.24) is 9.88 Å². The highest BCUT2D eigenvalue weighted by molar-refractivity contribution is 6.35. The van der Waals surface area contributed by atoms with E-state index < -0.39 is 0 Å². The minimum absolute atomic E-state index is 0.0147. The zero-order chi connectivity index (χ0) is 18.2. The highest BCUT2D eigenvalue weighted by Crippen LogP contribution is 2.25. The van der Waals surface area contributed by atoms with Crippen LogP contribution in [0.3, 0.4) is 0 Å². The molecule has 0 fully saturated rings. The molecule has 0 saturated carbocycles. The molecule has 2 aromatic rings. The van der Waals surface area contributed by atoms with Crippen LogP contribution in [0.25, 0.3) is 0 Å². The van der Waals surface area contributed by atoms with Crippen LogP contribution in [0.4, 0.5) is 0 Å². The Labute approximate surface area is 157 Å². The molecule has 7 heteroatoms. The molecule has 1 aromatic heterocycles. The van der Waals surface area contributed by atoms with Crippen LogP contribution in [0, 0.1) is 0 Å². The van der Waals surface area contributed by atoms with Gasteiger partial charge in [0.05, 0.1) is 6.04 Å². The third kappa shape index (κ3) is 6.11. The van der Waals surface area contributed by atoms with Gasteiger partial charge >= 0.3 is 0 Å². The van der Waals surface area contributed by atoms with E-state index >= 15 is 0 Å². The summed E-state index contributed by atoms with van der Waals surface area (Å²) in [6.45, 7) is 3.24. The van der Waals surface area contributed by atoms with Crippen molar-refractivity contribution in [2.45, 2.75) is 32.4 Å². The zero-order valence-electron chi connectivity index (χ0n) is 14.1. The Balaban J connectivity index is 1.77. The highest BCUT2D eigenvalue weighted by atomic mass is 35.5. The molecule has 5 nitrogen and oxygen atoms in total. The number of rotatable bonds is 7. The lowest BCUT2D eigenvalue weighted by Crippen LogP contribution is -2.34. The molecule has 0 amide bonds. The molecule has 1 unspecified atom stereocenters. The molecule has 1 atom stereocenters. The van der Waals surface area contributed by atoms with Gasteiger partial charge in [0.1, 0.15) is 0 Å². The number of nitrogens with one attached hydrogen (secondary N) is 1. The zero-order valence-corrected chi connectivity index (χ0v) is 15.6. The third-order valence-electron chi connectivity index (χ3n) is 3.78. The van der Waals surface area contributed by atoms with Crippen LogP contribution in [0.2, 0.25) is 10.0 Å². The first-order chi connectivity index (χ1) is 12.0. The van der Waals surface area contributed by atoms with Crippen molar-refractivity contribution < 1.29 is 0 Å². The Bertz CT molecular complexity index is 789. The Kier molecular flexibility index (Phi) is 7.34. The number of nitrogens with zero attached hydrogens (tertiary/aromatic N) is 2. The minimum atomic E-state index is -0.0728. The summed E-state index contributed by atoms with van der Waals surface area (Å²) in [6.07, 6.45) is 3.50. The number of aryl methyl sites for hydroxylation is 1. The highest BCUT2D eigenvalue weighted by Gasteiger charge is 2.10. The Morgan fingerprint density at radius 3 is 2.80 bits per heavy atom. The van der Waals surface area contributed by atoms with E-state index in [1.165, 1.54) is 0 Å². The average Bonchev–Trinajstić information content (AvgIpc) is 2.56. The van der Waals surface area contributed by atoms with Gasteiger partial charge in [-0.3, -0.25) is 9.79 Å². The van der Waals surface area contributed by atoms with Crippen LogP contribution < -0.4 is 16.6 Å². The van der Waals surface area contributed by atoms with E-state index in [0.717, 1.165) is 18.4 Å². The molecule has 0 aliphatic rings. The van der Waals surface area contributed by atoms with Crippen LogP contribution in [-0.4, -0.2) is 17.1 Å². The number of pyridine rings is 1. The fourth-order valence-electron chi connectivity index (χ4n) is 2.44. The standard InChI is InChI=1S/C18H22Cl2N4O/c1-13(15-8-7-14(19)12-16(15)20)23-18(21)22-9-3-5-11-24-10-4-2-6-17(24)25/h2,4,6-8,10,12-13H,3,5,9,11H2,1H3,(H3,21,22,23). The molecule has 3 N–H and O–H groups in total. The van der Waals surface area contributed by atoms with Gasteiger partial charge in [-0.15, -0.1) is 0 Å². The van der Waals surface area contributed by atoms with E-state index in [-0.39, 0.29) is 11.6 Å². The fraction of sp³-hybridized carbons (Fsp3) is 0.333. The molecule has 0 bridgehead atoms. The number of hydrogen-bond acceptors (Lipinski definition) is 2. The molecule has 1 aromatic carbocycles. The fourth-order valence-corrected chi connectivity index (χ4v) is 3.01. The molecule has 0 radical (unpaired) electrons. The monoisotopic (exact) mass is 380 g/mol. The van der Waals surface area contributed by atoms with Gasteiger partial charge in [0, 0.05) is 35.4 Å². The molecular formula is C18H22Cl2N4O. The Morgan fingerprint density at radius 2 is 2.08 bits per heavy atom. The second kappa shape index (κ2) is 9.49. The van der Waals surface area contributed by atoms with Gasteiger partial charge in [0.15, 0.2) is 5.96 Å². The number of nitrogens with two attached hydrogens (primary N) is 1. The maximum absolute atomic E-state index is 11.6. The predicted octanol–water partition coefficient (Wildman–Crippen LogP) is 3.60. The quantitative estimate of drug-likeness (QED) is 0.437. The molecule has 0 spiro atoms. The van der Waals surface area contributed by atoms with Crippen LogP contribution in [0.1, 0.15) is 31.4 Å². The van der Waals surface area contributed by atoms with Crippen molar-refractivity contribution >= 4 is 29.2 Å². The number of guanidine groups is 1. The first kappa shape index (κ1) is 19.3. The number of hydrogen-bond donors (Lipinski definition) is 2. The van der Waals surface area contributed by atoms with Crippen molar-refractivity contribution in [2.24, 2.45) is 10.7 Å². The van der Waals surface area contributed by atoms with Gasteiger partial charge in [-0.25, -0.2) is 0 Å². The predicted molar refractivity (Wildman–Crippen MR) is 104 cm³/mol. The lowest BCUT2D eigenvalue weighted by atomic mass is 10.1. The molecule has 1 heterocycles. The lowest BCUT2D eigenvalue weighted by molar-refractivity contribution is 0.597. The maximum atomic E-state index is 11.6. The van der Waals surface area contributed by atoms with Crippen LogP contribution in [0.15, 0.2) is 52.4 Å². The van der Waals surface area contributed by atoms with E-state index in [9.17, 15) is 4.79 Å². The minimum Gasteiger partial charge on any atom is -0.370 e. The number of aliphatic imine (C=N–C) groups is 1. The van der Waals surface area contributed by atoms with Crippen LogP contribution in [-0.2, 0) is 6.54 Å². The Morgan fingerprint density at radius 1 is 1.28 bits per heavy atom. The smallest absolute Gasteiger partial charge is 0.250 e. The van der Waals surface area contributed by atoms with Gasteiger partial charge in [-0.2, -0.15) is 0 Å². The molecule has 2 rings (SSSR count). The van der Waals surface area contributed by atoms with Crippen molar-refractivity contribution in [1.29, 1.82) is 0 Å². The average molecular weight is 381 g/mol. The van der Waals surface area contributed by atoms with Gasteiger partial charge in [0.2, 0.25) is 5.56 Å². The lowest BCUT2D eigenvalue weighted by Gasteiger charge is -2.16. The summed E-state index contributed by atoms with van der Waals surface area (Å²) in [5.41, 5.74) is 6.85. The van der Waals surface area contributed by atoms with Gasteiger partial charge < -0.3 is 15.6 Å². The Hall–Kier alpha value is -1.98. The number of halogens is 2. The maximum Gasteiger partial charge on any atom is 0.250 e. The molecular weight excluding hydrogens is 359 g/mol. The largest absolute Gasteiger partial charge is 0.370 e. The van der Waals surface area contributed by atoms with Gasteiger partial charge in [-0.1, -0.05) is 35.3 Å². The molecule has 0 aliphatic heterocycles. The van der Waals surface area contributed by atoms with Crippen LogP contribution in [0.5, 0.6) is 0 Å². The molecule has 134 valence electrons. The summed E-state index contributed by atoms with van der Waals surface area (Å²) in [6, 6.07) is 10.4. The summed E-state index contributed by atoms with van der Waals surface area (Å²) < 4.78 is 1.69. The summed E-state index contributed by atoms with van der Waals surface area (Å²) in [7, 11) is 0. The van der Waals surface area contributed by atoms with E-state index in [4.69, 9.17) is 28.9 Å². The van der Waals surface area contributed by atoms with Crippen molar-refractivity contribution in [3.63, 3.8) is 0 Å². The first-order valence-electron chi connectivity index (χ1n) is 8.14. The first-order valence-corrected chi connectivity index (χ1v) is 8.90. The van der Waals surface area contributed by atoms with E-state index in [0.29, 0.717) is 29.1 Å². The SMILES string of the molecule is CC(NC(N)=NCCCCn1ccccc1=O)c1ccc(Cl)cc1Cl. The van der Waals surface area contributed by atoms with Gasteiger partial charge in [-0.05, 0) is 43.5 Å². The van der Waals surface area contributed by atoms with Crippen LogP contribution >= 0.6 is 23.2 Å². The second-order valence-corrected chi connectivity index (χ2v) is 6.58. The number of benzene rings is 1. The number of unbranched alkanes of at least 4 members (excludes halogenated alkanes) is 1. The van der Waals surface area contributed by atoms with Crippen molar-refractivity contribution in [3.05, 3.63) is 68.6 Å². The van der Waals surface area contributed by atoms with E-state index in [1.54, 1.807) is 35.0 Å². The van der Waals surface area contributed by atoms with Gasteiger partial charge in [0.25, 0.3) is 0 Å². The second-order valence-electron chi connectivity index (χ2n) is 5.74. The number of aromatic nitrogens is 1. The molecule has 0 aliphatic carbocycles. The molecule has 25 heavy (non-hydrogen) atoms. The topological polar surface area (TPSA) is 72.4 Å². The van der Waals surface area contributed by atoms with Crippen molar-refractivity contribution in [3.8, 4) is 0 Å². The normalized spacial score (nSPS) is 12.8. The molecule has 0 saturated heterocycles. The summed E-state index contributed by atoms with van der Waals surface area (Å²) >= 11 is 12.1. The van der Waals surface area contributed by atoms with E-state index in [2.05, 4.69) is 10.3 Å². The summed E-state index contributed by atoms with van der Waals surface area (Å²) in [5.74, 6) is 0.371.